The molecule has 3 heterocycles. The number of anilines is 2. The molecule has 0 saturated carbocycles. The van der Waals surface area contributed by atoms with E-state index >= 15 is 0 Å². The Morgan fingerprint density at radius 2 is 1.74 bits per heavy atom. The van der Waals surface area contributed by atoms with Gasteiger partial charge in [-0.3, -0.25) is 4.90 Å². The Morgan fingerprint density at radius 3 is 2.44 bits per heavy atom. The molecule has 0 unspecified atom stereocenters. The van der Waals surface area contributed by atoms with Gasteiger partial charge in [-0.2, -0.15) is 15.2 Å². The van der Waals surface area contributed by atoms with E-state index in [0.717, 1.165) is 18.7 Å². The van der Waals surface area contributed by atoms with Gasteiger partial charge in [-0.25, -0.2) is 4.98 Å². The summed E-state index contributed by atoms with van der Waals surface area (Å²) in [5.74, 6) is 1.22. The lowest BCUT2D eigenvalue weighted by Gasteiger charge is -2.09. The summed E-state index contributed by atoms with van der Waals surface area (Å²) in [4.78, 5) is 14.7. The van der Waals surface area contributed by atoms with Gasteiger partial charge in [0, 0.05) is 11.1 Å². The number of nitrogen functional groups attached to an aromatic ring is 2. The Kier molecular flexibility index (Phi) is 4.40. The Morgan fingerprint density at radius 1 is 1.04 bits per heavy atom. The summed E-state index contributed by atoms with van der Waals surface area (Å²) in [6.45, 7) is 2.81. The molecule has 27 heavy (non-hydrogen) atoms. The third-order valence-corrected chi connectivity index (χ3v) is 4.51. The van der Waals surface area contributed by atoms with Crippen molar-refractivity contribution in [3.05, 3.63) is 35.7 Å². The minimum atomic E-state index is 0.0234. The van der Waals surface area contributed by atoms with Crippen molar-refractivity contribution in [2.75, 3.05) is 24.6 Å². The van der Waals surface area contributed by atoms with E-state index in [2.05, 4.69) is 25.0 Å². The first-order chi connectivity index (χ1) is 13.1. The van der Waals surface area contributed by atoms with Crippen LogP contribution in [0.3, 0.4) is 0 Å². The molecular weight excluding hydrogens is 344 g/mol. The molecule has 0 radical (unpaired) electrons. The van der Waals surface area contributed by atoms with Crippen molar-refractivity contribution < 1.29 is 4.52 Å². The minimum Gasteiger partial charge on any atom is -0.382 e. The van der Waals surface area contributed by atoms with E-state index in [0.29, 0.717) is 29.5 Å². The molecule has 0 spiro atoms. The van der Waals surface area contributed by atoms with Crippen molar-refractivity contribution in [2.24, 2.45) is 0 Å². The maximum Gasteiger partial charge on any atom is 0.241 e. The fraction of sp³-hybridized carbons (Fsp3) is 0.278. The van der Waals surface area contributed by atoms with Gasteiger partial charge in [0.2, 0.25) is 17.7 Å². The smallest absolute Gasteiger partial charge is 0.241 e. The summed E-state index contributed by atoms with van der Waals surface area (Å²) in [5.41, 5.74) is 13.5. The zero-order chi connectivity index (χ0) is 18.8. The largest absolute Gasteiger partial charge is 0.382 e. The molecule has 2 aromatic heterocycles. The molecule has 0 amide bonds. The van der Waals surface area contributed by atoms with E-state index in [1.54, 1.807) is 0 Å². The Bertz CT molecular complexity index is 999. The zero-order valence-electron chi connectivity index (χ0n) is 14.6. The fourth-order valence-electron chi connectivity index (χ4n) is 3.16. The maximum atomic E-state index is 9.32. The average Bonchev–Trinajstić information content (AvgIpc) is 3.34. The summed E-state index contributed by atoms with van der Waals surface area (Å²) in [6.07, 6.45) is 2.43. The highest BCUT2D eigenvalue weighted by Crippen LogP contribution is 2.27. The molecule has 3 aromatic rings. The molecule has 9 nitrogen and oxygen atoms in total. The molecule has 1 saturated heterocycles. The van der Waals surface area contributed by atoms with Gasteiger partial charge in [0.15, 0.2) is 0 Å². The summed E-state index contributed by atoms with van der Waals surface area (Å²) in [7, 11) is 0. The van der Waals surface area contributed by atoms with Crippen LogP contribution in [0.2, 0.25) is 0 Å². The molecule has 1 aliphatic heterocycles. The second-order valence-corrected chi connectivity index (χ2v) is 6.37. The van der Waals surface area contributed by atoms with Gasteiger partial charge in [0.1, 0.15) is 17.5 Å². The summed E-state index contributed by atoms with van der Waals surface area (Å²) in [5, 5.41) is 13.4. The lowest BCUT2D eigenvalue weighted by molar-refractivity contribution is 0.268. The van der Waals surface area contributed by atoms with E-state index in [1.165, 1.54) is 12.8 Å². The van der Waals surface area contributed by atoms with Crippen LogP contribution in [0.25, 0.3) is 22.6 Å². The van der Waals surface area contributed by atoms with E-state index in [9.17, 15) is 5.26 Å². The monoisotopic (exact) mass is 362 g/mol. The number of aromatic nitrogens is 4. The number of likely N-dealkylation sites (tertiary alicyclic amines) is 1. The summed E-state index contributed by atoms with van der Waals surface area (Å²) >= 11 is 0. The van der Waals surface area contributed by atoms with Crippen LogP contribution in [0.4, 0.5) is 11.8 Å². The lowest BCUT2D eigenvalue weighted by atomic mass is 10.0. The maximum absolute atomic E-state index is 9.32. The van der Waals surface area contributed by atoms with E-state index in [4.69, 9.17) is 16.0 Å². The highest BCUT2D eigenvalue weighted by atomic mass is 16.5. The van der Waals surface area contributed by atoms with Gasteiger partial charge in [-0.15, -0.1) is 0 Å². The first kappa shape index (κ1) is 16.9. The Balaban J connectivity index is 1.58. The van der Waals surface area contributed by atoms with Crippen molar-refractivity contribution in [1.29, 1.82) is 5.26 Å². The normalized spacial score (nSPS) is 14.3. The van der Waals surface area contributed by atoms with Gasteiger partial charge in [0.25, 0.3) is 0 Å². The van der Waals surface area contributed by atoms with Crippen LogP contribution in [-0.2, 0) is 6.54 Å². The highest BCUT2D eigenvalue weighted by molar-refractivity contribution is 5.74. The third-order valence-electron chi connectivity index (χ3n) is 4.51. The molecule has 0 aliphatic carbocycles. The van der Waals surface area contributed by atoms with Gasteiger partial charge in [-0.05, 0) is 25.9 Å². The molecule has 9 heteroatoms. The van der Waals surface area contributed by atoms with Crippen molar-refractivity contribution >= 4 is 11.8 Å². The standard InChI is InChI=1S/C18H18N8O/c19-9-13-15(23-18(21)24-16(13)20)11-3-5-12(6-4-11)17-22-14(27-25-17)10-26-7-1-2-8-26/h3-6H,1-2,7-8,10H2,(H4,20,21,23,24). The number of nitrogens with two attached hydrogens (primary N) is 2. The van der Waals surface area contributed by atoms with E-state index < -0.39 is 0 Å². The number of benzene rings is 1. The molecule has 1 aromatic carbocycles. The van der Waals surface area contributed by atoms with Crippen molar-refractivity contribution in [3.8, 4) is 28.7 Å². The lowest BCUT2D eigenvalue weighted by Crippen LogP contribution is -2.18. The van der Waals surface area contributed by atoms with Crippen molar-refractivity contribution in [1.82, 2.24) is 25.0 Å². The van der Waals surface area contributed by atoms with Crippen LogP contribution in [0.5, 0.6) is 0 Å². The quantitative estimate of drug-likeness (QED) is 0.710. The summed E-state index contributed by atoms with van der Waals surface area (Å²) < 4.78 is 5.36. The van der Waals surface area contributed by atoms with Gasteiger partial charge in [-0.1, -0.05) is 29.4 Å². The second-order valence-electron chi connectivity index (χ2n) is 6.37. The number of rotatable bonds is 4. The van der Waals surface area contributed by atoms with Crippen LogP contribution in [0.1, 0.15) is 24.3 Å². The Hall–Kier alpha value is -3.51. The molecule has 136 valence electrons. The zero-order valence-corrected chi connectivity index (χ0v) is 14.6. The first-order valence-electron chi connectivity index (χ1n) is 8.63. The van der Waals surface area contributed by atoms with Crippen molar-refractivity contribution in [2.45, 2.75) is 19.4 Å². The van der Waals surface area contributed by atoms with Crippen LogP contribution in [0.15, 0.2) is 28.8 Å². The topological polar surface area (TPSA) is 144 Å². The molecule has 4 N–H and O–H groups in total. The molecule has 0 bridgehead atoms. The van der Waals surface area contributed by atoms with Gasteiger partial charge in [0.05, 0.1) is 12.2 Å². The number of hydrogen-bond donors (Lipinski definition) is 2. The third kappa shape index (κ3) is 3.43. The average molecular weight is 362 g/mol. The Labute approximate surface area is 155 Å². The van der Waals surface area contributed by atoms with Gasteiger partial charge < -0.3 is 16.0 Å². The number of nitriles is 1. The van der Waals surface area contributed by atoms with E-state index in [-0.39, 0.29) is 17.3 Å². The van der Waals surface area contributed by atoms with Crippen LogP contribution in [0, 0.1) is 11.3 Å². The van der Waals surface area contributed by atoms with E-state index in [1.807, 2.05) is 30.3 Å². The molecule has 1 aliphatic rings. The molecule has 4 rings (SSSR count). The van der Waals surface area contributed by atoms with Crippen LogP contribution in [-0.4, -0.2) is 38.1 Å². The predicted octanol–water partition coefficient (Wildman–Crippen LogP) is 1.83. The molecule has 1 fully saturated rings. The van der Waals surface area contributed by atoms with Gasteiger partial charge >= 0.3 is 0 Å². The van der Waals surface area contributed by atoms with Crippen LogP contribution >= 0.6 is 0 Å². The minimum absolute atomic E-state index is 0.0234. The molecule has 0 atom stereocenters. The number of hydrogen-bond acceptors (Lipinski definition) is 9. The molecular formula is C18H18N8O. The highest BCUT2D eigenvalue weighted by Gasteiger charge is 2.17. The predicted molar refractivity (Wildman–Crippen MR) is 98.8 cm³/mol. The van der Waals surface area contributed by atoms with Crippen molar-refractivity contribution in [3.63, 3.8) is 0 Å². The summed E-state index contributed by atoms with van der Waals surface area (Å²) in [6, 6.07) is 9.34. The van der Waals surface area contributed by atoms with Crippen LogP contribution < -0.4 is 11.5 Å². The first-order valence-corrected chi connectivity index (χ1v) is 8.63. The SMILES string of the molecule is N#Cc1c(N)nc(N)nc1-c1ccc(-c2noc(CN3CCCC3)n2)cc1. The number of nitrogens with zero attached hydrogens (tertiary/aromatic N) is 6. The fourth-order valence-corrected chi connectivity index (χ4v) is 3.16. The second kappa shape index (κ2) is 7.01.